The van der Waals surface area contributed by atoms with Crippen LogP contribution in [0, 0.1) is 0 Å². The second-order valence-corrected chi connectivity index (χ2v) is 8.78. The molecule has 2 amide bonds. The Balaban J connectivity index is 1.32. The number of piperidine rings is 1. The van der Waals surface area contributed by atoms with Crippen LogP contribution >= 0.6 is 0 Å². The summed E-state index contributed by atoms with van der Waals surface area (Å²) >= 11 is 0. The van der Waals surface area contributed by atoms with Gasteiger partial charge in [-0.25, -0.2) is 4.90 Å². The fourth-order valence-electron chi connectivity index (χ4n) is 4.76. The molecule has 0 N–H and O–H groups in total. The summed E-state index contributed by atoms with van der Waals surface area (Å²) in [5.41, 5.74) is 1.94. The number of hydrogen-bond donors (Lipinski definition) is 0. The molecule has 1 atom stereocenters. The monoisotopic (exact) mass is 435 g/mol. The van der Waals surface area contributed by atoms with Crippen LogP contribution in [0.2, 0.25) is 0 Å². The summed E-state index contributed by atoms with van der Waals surface area (Å²) in [7, 11) is 0. The molecule has 0 spiro atoms. The van der Waals surface area contributed by atoms with E-state index < -0.39 is 0 Å². The van der Waals surface area contributed by atoms with Gasteiger partial charge in [0.1, 0.15) is 5.75 Å². The summed E-state index contributed by atoms with van der Waals surface area (Å²) in [5, 5.41) is 0. The minimum atomic E-state index is -0.351. The van der Waals surface area contributed by atoms with Crippen LogP contribution in [0.5, 0.6) is 5.75 Å². The van der Waals surface area contributed by atoms with Crippen molar-refractivity contribution in [1.82, 2.24) is 9.88 Å². The van der Waals surface area contributed by atoms with Crippen molar-refractivity contribution in [1.29, 1.82) is 0 Å². The van der Waals surface area contributed by atoms with Crippen molar-refractivity contribution < 1.29 is 14.3 Å². The number of pyridine rings is 1. The Morgan fingerprint density at radius 1 is 0.969 bits per heavy atom. The molecule has 2 aliphatic heterocycles. The molecule has 2 saturated heterocycles. The van der Waals surface area contributed by atoms with Crippen molar-refractivity contribution in [2.24, 2.45) is 0 Å². The average molecular weight is 436 g/mol. The summed E-state index contributed by atoms with van der Waals surface area (Å²) in [6.07, 6.45) is 10.6. The molecular weight excluding hydrogens is 402 g/mol. The highest BCUT2D eigenvalue weighted by atomic mass is 16.5. The topological polar surface area (TPSA) is 62.7 Å². The number of ether oxygens (including phenoxy) is 1. The normalized spacial score (nSPS) is 20.2. The number of hydrogen-bond acceptors (Lipinski definition) is 5. The van der Waals surface area contributed by atoms with Crippen LogP contribution in [0.3, 0.4) is 0 Å². The van der Waals surface area contributed by atoms with Gasteiger partial charge >= 0.3 is 0 Å². The molecule has 0 aliphatic carbocycles. The van der Waals surface area contributed by atoms with Gasteiger partial charge in [-0.15, -0.1) is 0 Å². The van der Waals surface area contributed by atoms with Gasteiger partial charge in [0.05, 0.1) is 24.8 Å². The SMILES string of the molecule is CCCCCCOc1ccc(N2C(=O)CC(N3CCC(c4ccncc4)CC3)C2=O)cc1. The smallest absolute Gasteiger partial charge is 0.251 e. The van der Waals surface area contributed by atoms with Gasteiger partial charge in [-0.05, 0) is 80.2 Å². The van der Waals surface area contributed by atoms with Crippen molar-refractivity contribution in [2.75, 3.05) is 24.6 Å². The molecule has 1 aromatic carbocycles. The number of anilines is 1. The van der Waals surface area contributed by atoms with Crippen molar-refractivity contribution in [3.05, 3.63) is 54.4 Å². The Morgan fingerprint density at radius 3 is 2.38 bits per heavy atom. The first kappa shape index (κ1) is 22.5. The first-order chi connectivity index (χ1) is 15.7. The van der Waals surface area contributed by atoms with Crippen molar-refractivity contribution in [3.63, 3.8) is 0 Å². The van der Waals surface area contributed by atoms with Crippen LogP contribution in [0.4, 0.5) is 5.69 Å². The first-order valence-corrected chi connectivity index (χ1v) is 11.9. The third-order valence-electron chi connectivity index (χ3n) is 6.63. The maximum absolute atomic E-state index is 13.1. The molecule has 0 bridgehead atoms. The van der Waals surface area contributed by atoms with Crippen LogP contribution in [0.25, 0.3) is 0 Å². The molecule has 0 saturated carbocycles. The lowest BCUT2D eigenvalue weighted by molar-refractivity contribution is -0.123. The number of carbonyl (C=O) groups excluding carboxylic acids is 2. The highest BCUT2D eigenvalue weighted by Gasteiger charge is 2.43. The zero-order valence-corrected chi connectivity index (χ0v) is 18.9. The van der Waals surface area contributed by atoms with Crippen LogP contribution in [0.15, 0.2) is 48.8 Å². The Labute approximate surface area is 190 Å². The Hall–Kier alpha value is -2.73. The lowest BCUT2D eigenvalue weighted by atomic mass is 9.89. The third-order valence-corrected chi connectivity index (χ3v) is 6.63. The van der Waals surface area contributed by atoms with E-state index >= 15 is 0 Å². The Morgan fingerprint density at radius 2 is 1.69 bits per heavy atom. The van der Waals surface area contributed by atoms with Gasteiger partial charge in [-0.3, -0.25) is 19.5 Å². The molecule has 170 valence electrons. The molecule has 6 heteroatoms. The molecule has 2 aliphatic rings. The van der Waals surface area contributed by atoms with Crippen LogP contribution in [0.1, 0.15) is 63.4 Å². The zero-order chi connectivity index (χ0) is 22.3. The molecule has 2 fully saturated rings. The maximum atomic E-state index is 13.1. The number of carbonyl (C=O) groups is 2. The molecule has 4 rings (SSSR count). The number of rotatable bonds is 9. The quantitative estimate of drug-likeness (QED) is 0.427. The Kier molecular flexibility index (Phi) is 7.53. The van der Waals surface area contributed by atoms with E-state index in [0.717, 1.165) is 38.1 Å². The molecule has 6 nitrogen and oxygen atoms in total. The fraction of sp³-hybridized carbons (Fsp3) is 0.500. The second-order valence-electron chi connectivity index (χ2n) is 8.78. The summed E-state index contributed by atoms with van der Waals surface area (Å²) in [4.78, 5) is 33.5. The lowest BCUT2D eigenvalue weighted by Crippen LogP contribution is -2.45. The maximum Gasteiger partial charge on any atom is 0.251 e. The predicted octanol–water partition coefficient (Wildman–Crippen LogP) is 4.55. The van der Waals surface area contributed by atoms with Crippen molar-refractivity contribution in [2.45, 2.75) is 63.8 Å². The van der Waals surface area contributed by atoms with E-state index in [9.17, 15) is 9.59 Å². The minimum Gasteiger partial charge on any atom is -0.494 e. The van der Waals surface area contributed by atoms with Crippen LogP contribution < -0.4 is 9.64 Å². The zero-order valence-electron chi connectivity index (χ0n) is 18.9. The molecule has 1 aromatic heterocycles. The van der Waals surface area contributed by atoms with Crippen molar-refractivity contribution >= 4 is 17.5 Å². The lowest BCUT2D eigenvalue weighted by Gasteiger charge is -2.34. The molecule has 0 radical (unpaired) electrons. The van der Waals surface area contributed by atoms with Gasteiger partial charge in [0.15, 0.2) is 0 Å². The largest absolute Gasteiger partial charge is 0.494 e. The van der Waals surface area contributed by atoms with Gasteiger partial charge < -0.3 is 4.74 Å². The minimum absolute atomic E-state index is 0.106. The van der Waals surface area contributed by atoms with Crippen LogP contribution in [-0.4, -0.2) is 47.4 Å². The predicted molar refractivity (Wildman–Crippen MR) is 125 cm³/mol. The second kappa shape index (κ2) is 10.7. The van der Waals surface area contributed by atoms with E-state index in [1.165, 1.54) is 29.7 Å². The fourth-order valence-corrected chi connectivity index (χ4v) is 4.76. The average Bonchev–Trinajstić information content (AvgIpc) is 3.14. The number of imide groups is 1. The summed E-state index contributed by atoms with van der Waals surface area (Å²) in [6, 6.07) is 11.1. The van der Waals surface area contributed by atoms with Gasteiger partial charge in [-0.1, -0.05) is 26.2 Å². The summed E-state index contributed by atoms with van der Waals surface area (Å²) in [5.74, 6) is 1.04. The molecule has 32 heavy (non-hydrogen) atoms. The van der Waals surface area contributed by atoms with E-state index in [-0.39, 0.29) is 24.3 Å². The number of benzene rings is 1. The van der Waals surface area contributed by atoms with Gasteiger partial charge in [-0.2, -0.15) is 0 Å². The van der Waals surface area contributed by atoms with Crippen molar-refractivity contribution in [3.8, 4) is 5.75 Å². The van der Waals surface area contributed by atoms with E-state index in [4.69, 9.17) is 4.74 Å². The highest BCUT2D eigenvalue weighted by Crippen LogP contribution is 2.32. The van der Waals surface area contributed by atoms with Gasteiger partial charge in [0.25, 0.3) is 5.91 Å². The molecule has 3 heterocycles. The summed E-state index contributed by atoms with van der Waals surface area (Å²) in [6.45, 7) is 4.54. The number of likely N-dealkylation sites (tertiary alicyclic amines) is 1. The number of aromatic nitrogens is 1. The number of unbranched alkanes of at least 4 members (excludes halogenated alkanes) is 3. The number of nitrogens with zero attached hydrogens (tertiary/aromatic N) is 3. The van der Waals surface area contributed by atoms with E-state index in [1.807, 2.05) is 36.7 Å². The molecule has 2 aromatic rings. The Bertz CT molecular complexity index is 892. The summed E-state index contributed by atoms with van der Waals surface area (Å²) < 4.78 is 5.79. The molecule has 1 unspecified atom stereocenters. The standard InChI is InChI=1S/C26H33N3O3/c1-2-3-4-5-18-32-23-8-6-22(7-9-23)29-25(30)19-24(26(29)31)28-16-12-21(13-17-28)20-10-14-27-15-11-20/h6-11,14-15,21,24H,2-5,12-13,16-19H2,1H3. The highest BCUT2D eigenvalue weighted by molar-refractivity contribution is 6.22. The van der Waals surface area contributed by atoms with E-state index in [0.29, 0.717) is 18.2 Å². The molecular formula is C26H33N3O3. The first-order valence-electron chi connectivity index (χ1n) is 11.9. The number of amides is 2. The van der Waals surface area contributed by atoms with Crippen LogP contribution in [-0.2, 0) is 9.59 Å². The van der Waals surface area contributed by atoms with E-state index in [1.54, 1.807) is 0 Å². The van der Waals surface area contributed by atoms with E-state index in [2.05, 4.69) is 28.9 Å². The third kappa shape index (κ3) is 5.18. The van der Waals surface area contributed by atoms with Gasteiger partial charge in [0.2, 0.25) is 5.91 Å². The van der Waals surface area contributed by atoms with Gasteiger partial charge in [0, 0.05) is 12.4 Å².